The van der Waals surface area contributed by atoms with E-state index >= 15 is 0 Å². The summed E-state index contributed by atoms with van der Waals surface area (Å²) < 4.78 is 39.8. The van der Waals surface area contributed by atoms with E-state index in [-0.39, 0.29) is 5.02 Å². The molecule has 116 valence electrons. The first kappa shape index (κ1) is 16.0. The highest BCUT2D eigenvalue weighted by Crippen LogP contribution is 2.30. The molecule has 2 aromatic rings. The van der Waals surface area contributed by atoms with Crippen LogP contribution in [0.1, 0.15) is 0 Å². The Kier molecular flexibility index (Phi) is 4.20. The van der Waals surface area contributed by atoms with E-state index in [1.54, 1.807) is 0 Å². The van der Waals surface area contributed by atoms with E-state index in [0.717, 1.165) is 30.3 Å². The SMILES string of the molecule is O=[N+]([O-])c1ccc(O)c(NS(=O)(=O)c2ccc(Cl)cc2F)c1. The molecule has 0 aliphatic rings. The molecule has 7 nitrogen and oxygen atoms in total. The maximum Gasteiger partial charge on any atom is 0.271 e. The van der Waals surface area contributed by atoms with Gasteiger partial charge in [0.2, 0.25) is 0 Å². The lowest BCUT2D eigenvalue weighted by atomic mass is 10.2. The lowest BCUT2D eigenvalue weighted by molar-refractivity contribution is -0.384. The number of nitro benzene ring substituents is 1. The fourth-order valence-electron chi connectivity index (χ4n) is 1.61. The zero-order chi connectivity index (χ0) is 16.5. The number of nitrogens with one attached hydrogen (secondary N) is 1. The highest BCUT2D eigenvalue weighted by molar-refractivity contribution is 7.92. The number of rotatable bonds is 4. The Morgan fingerprint density at radius 3 is 2.50 bits per heavy atom. The third-order valence-corrected chi connectivity index (χ3v) is 4.25. The third-order valence-electron chi connectivity index (χ3n) is 2.62. The molecule has 0 atom stereocenters. The van der Waals surface area contributed by atoms with Crippen molar-refractivity contribution in [3.05, 3.63) is 57.4 Å². The predicted molar refractivity (Wildman–Crippen MR) is 77.0 cm³/mol. The van der Waals surface area contributed by atoms with E-state index < -0.39 is 42.8 Å². The number of aromatic hydroxyl groups is 1. The number of nitrogens with zero attached hydrogens (tertiary/aromatic N) is 1. The van der Waals surface area contributed by atoms with Crippen LogP contribution in [0, 0.1) is 15.9 Å². The van der Waals surface area contributed by atoms with Crippen molar-refractivity contribution in [2.75, 3.05) is 4.72 Å². The molecule has 2 rings (SSSR count). The van der Waals surface area contributed by atoms with Gasteiger partial charge in [0.05, 0.1) is 10.6 Å². The van der Waals surface area contributed by atoms with Gasteiger partial charge >= 0.3 is 0 Å². The molecule has 2 N–H and O–H groups in total. The molecule has 0 saturated carbocycles. The summed E-state index contributed by atoms with van der Waals surface area (Å²) in [5.74, 6) is -1.63. The lowest BCUT2D eigenvalue weighted by Crippen LogP contribution is -2.14. The largest absolute Gasteiger partial charge is 0.506 e. The number of non-ortho nitro benzene ring substituents is 1. The Morgan fingerprint density at radius 1 is 1.23 bits per heavy atom. The number of phenols is 1. The summed E-state index contributed by atoms with van der Waals surface area (Å²) >= 11 is 5.54. The van der Waals surface area contributed by atoms with Crippen LogP contribution in [0.2, 0.25) is 5.02 Å². The minimum Gasteiger partial charge on any atom is -0.506 e. The van der Waals surface area contributed by atoms with Gasteiger partial charge in [0.15, 0.2) is 0 Å². The summed E-state index contributed by atoms with van der Waals surface area (Å²) in [4.78, 5) is 9.19. The molecule has 0 aliphatic carbocycles. The maximum absolute atomic E-state index is 13.7. The number of anilines is 1. The molecule has 2 aromatic carbocycles. The molecular weight excluding hydrogens is 339 g/mol. The van der Waals surface area contributed by atoms with Crippen molar-refractivity contribution in [1.82, 2.24) is 0 Å². The Bertz CT molecular complexity index is 857. The van der Waals surface area contributed by atoms with Crippen LogP contribution in [0.5, 0.6) is 5.75 Å². The minimum atomic E-state index is -4.39. The molecular formula is C12H8ClFN2O5S. The van der Waals surface area contributed by atoms with Crippen LogP contribution in [-0.4, -0.2) is 18.4 Å². The second kappa shape index (κ2) is 5.78. The van der Waals surface area contributed by atoms with E-state index in [1.807, 2.05) is 4.72 Å². The standard InChI is InChI=1S/C12H8ClFN2O5S/c13-7-1-4-12(9(14)5-7)22(20,21)15-10-6-8(16(18)19)2-3-11(10)17/h1-6,15,17H. The van der Waals surface area contributed by atoms with Gasteiger partial charge in [-0.3, -0.25) is 14.8 Å². The van der Waals surface area contributed by atoms with Crippen molar-refractivity contribution in [1.29, 1.82) is 0 Å². The molecule has 0 fully saturated rings. The van der Waals surface area contributed by atoms with Crippen molar-refractivity contribution < 1.29 is 22.8 Å². The lowest BCUT2D eigenvalue weighted by Gasteiger charge is -2.10. The van der Waals surface area contributed by atoms with Crippen LogP contribution in [0.3, 0.4) is 0 Å². The van der Waals surface area contributed by atoms with Crippen LogP contribution >= 0.6 is 11.6 Å². The van der Waals surface area contributed by atoms with Crippen molar-refractivity contribution in [2.24, 2.45) is 0 Å². The van der Waals surface area contributed by atoms with Gasteiger partial charge in [0.25, 0.3) is 15.7 Å². The molecule has 10 heteroatoms. The van der Waals surface area contributed by atoms with Crippen molar-refractivity contribution in [3.63, 3.8) is 0 Å². The topological polar surface area (TPSA) is 110 Å². The molecule has 0 aromatic heterocycles. The number of phenolic OH excluding ortho intramolecular Hbond substituents is 1. The van der Waals surface area contributed by atoms with Crippen LogP contribution in [-0.2, 0) is 10.0 Å². The number of hydrogen-bond acceptors (Lipinski definition) is 5. The van der Waals surface area contributed by atoms with Gasteiger partial charge in [0, 0.05) is 17.2 Å². The Morgan fingerprint density at radius 2 is 1.91 bits per heavy atom. The van der Waals surface area contributed by atoms with Crippen molar-refractivity contribution in [3.8, 4) is 5.75 Å². The zero-order valence-corrected chi connectivity index (χ0v) is 12.2. The van der Waals surface area contributed by atoms with Gasteiger partial charge in [-0.05, 0) is 24.3 Å². The van der Waals surface area contributed by atoms with Crippen LogP contribution in [0.4, 0.5) is 15.8 Å². The maximum atomic E-state index is 13.7. The number of sulfonamides is 1. The first-order valence-electron chi connectivity index (χ1n) is 5.66. The van der Waals surface area contributed by atoms with Crippen LogP contribution in [0.15, 0.2) is 41.3 Å². The third kappa shape index (κ3) is 3.26. The highest BCUT2D eigenvalue weighted by atomic mass is 35.5. The normalized spacial score (nSPS) is 11.2. The van der Waals surface area contributed by atoms with E-state index in [0.29, 0.717) is 0 Å². The Hall–Kier alpha value is -2.39. The van der Waals surface area contributed by atoms with Crippen molar-refractivity contribution >= 4 is 33.0 Å². The van der Waals surface area contributed by atoms with Crippen molar-refractivity contribution in [2.45, 2.75) is 4.90 Å². The van der Waals surface area contributed by atoms with Crippen LogP contribution < -0.4 is 4.72 Å². The first-order valence-corrected chi connectivity index (χ1v) is 7.52. The fraction of sp³-hybridized carbons (Fsp3) is 0. The number of halogens is 2. The van der Waals surface area contributed by atoms with E-state index in [1.165, 1.54) is 6.07 Å². The Labute approximate surface area is 129 Å². The van der Waals surface area contributed by atoms with Gasteiger partial charge in [-0.15, -0.1) is 0 Å². The van der Waals surface area contributed by atoms with Crippen LogP contribution in [0.25, 0.3) is 0 Å². The average molecular weight is 347 g/mol. The summed E-state index contributed by atoms with van der Waals surface area (Å²) in [7, 11) is -4.39. The number of nitro groups is 1. The summed E-state index contributed by atoms with van der Waals surface area (Å²) in [6, 6.07) is 5.69. The van der Waals surface area contributed by atoms with Gasteiger partial charge < -0.3 is 5.11 Å². The summed E-state index contributed by atoms with van der Waals surface area (Å²) in [6.07, 6.45) is 0. The second-order valence-electron chi connectivity index (χ2n) is 4.14. The first-order chi connectivity index (χ1) is 10.2. The van der Waals surface area contributed by atoms with Gasteiger partial charge in [-0.2, -0.15) is 0 Å². The van der Waals surface area contributed by atoms with E-state index in [9.17, 15) is 28.0 Å². The number of hydrogen-bond donors (Lipinski definition) is 2. The molecule has 0 aliphatic heterocycles. The zero-order valence-electron chi connectivity index (χ0n) is 10.7. The van der Waals surface area contributed by atoms with Gasteiger partial charge in [-0.1, -0.05) is 11.6 Å². The molecule has 0 unspecified atom stereocenters. The van der Waals surface area contributed by atoms with E-state index in [2.05, 4.69) is 0 Å². The van der Waals surface area contributed by atoms with E-state index in [4.69, 9.17) is 11.6 Å². The predicted octanol–water partition coefficient (Wildman–Crippen LogP) is 2.89. The molecule has 0 amide bonds. The highest BCUT2D eigenvalue weighted by Gasteiger charge is 2.22. The average Bonchev–Trinajstić information content (AvgIpc) is 2.40. The molecule has 0 spiro atoms. The molecule has 0 bridgehead atoms. The Balaban J connectivity index is 2.45. The quantitative estimate of drug-likeness (QED) is 0.502. The minimum absolute atomic E-state index is 0.00893. The molecule has 0 saturated heterocycles. The van der Waals surface area contributed by atoms with Gasteiger partial charge in [0.1, 0.15) is 16.5 Å². The number of benzene rings is 2. The monoisotopic (exact) mass is 346 g/mol. The fourth-order valence-corrected chi connectivity index (χ4v) is 2.90. The summed E-state index contributed by atoms with van der Waals surface area (Å²) in [6.45, 7) is 0. The summed E-state index contributed by atoms with van der Waals surface area (Å²) in [5, 5.41) is 20.2. The summed E-state index contributed by atoms with van der Waals surface area (Å²) in [5.41, 5.74) is -0.879. The smallest absolute Gasteiger partial charge is 0.271 e. The second-order valence-corrected chi connectivity index (χ2v) is 6.23. The molecule has 22 heavy (non-hydrogen) atoms. The molecule has 0 radical (unpaired) electrons. The molecule has 0 heterocycles. The van der Waals surface area contributed by atoms with Gasteiger partial charge in [-0.25, -0.2) is 12.8 Å².